The van der Waals surface area contributed by atoms with Crippen LogP contribution in [0.5, 0.6) is 0 Å². The summed E-state index contributed by atoms with van der Waals surface area (Å²) in [7, 11) is 0. The summed E-state index contributed by atoms with van der Waals surface area (Å²) in [4.78, 5) is 62.6. The smallest absolute Gasteiger partial charge is 0.326 e. The first kappa shape index (κ1) is 28.3. The SMILES string of the molecule is CC(C)CC(NC(=O)C(N)Cc1c[nH]c2ccccc12)C(=O)NCC(=O)NC(CCC(=O)O)C(=O)O. The number of nitrogens with two attached hydrogens (primary N) is 1. The van der Waals surface area contributed by atoms with Gasteiger partial charge in [0, 0.05) is 23.5 Å². The lowest BCUT2D eigenvalue weighted by Crippen LogP contribution is -2.54. The first-order chi connectivity index (χ1) is 17.0. The second-order valence-electron chi connectivity index (χ2n) is 8.97. The molecule has 2 rings (SSSR count). The van der Waals surface area contributed by atoms with Gasteiger partial charge in [0.1, 0.15) is 12.1 Å². The molecule has 0 saturated heterocycles. The number of aromatic amines is 1. The normalized spacial score (nSPS) is 13.6. The van der Waals surface area contributed by atoms with E-state index in [4.69, 9.17) is 15.9 Å². The zero-order chi connectivity index (χ0) is 26.8. The van der Waals surface area contributed by atoms with E-state index in [1.165, 1.54) is 0 Å². The minimum Gasteiger partial charge on any atom is -0.481 e. The maximum absolute atomic E-state index is 12.8. The number of carboxylic acids is 2. The number of hydrogen-bond acceptors (Lipinski definition) is 6. The van der Waals surface area contributed by atoms with E-state index in [-0.39, 0.29) is 25.2 Å². The third-order valence-electron chi connectivity index (χ3n) is 5.49. The van der Waals surface area contributed by atoms with Crippen molar-refractivity contribution >= 4 is 40.6 Å². The Morgan fingerprint density at radius 3 is 2.33 bits per heavy atom. The quantitative estimate of drug-likeness (QED) is 0.188. The number of rotatable bonds is 14. The highest BCUT2D eigenvalue weighted by atomic mass is 16.4. The average molecular weight is 504 g/mol. The highest BCUT2D eigenvalue weighted by Gasteiger charge is 2.26. The van der Waals surface area contributed by atoms with E-state index in [2.05, 4.69) is 20.9 Å². The van der Waals surface area contributed by atoms with E-state index in [1.54, 1.807) is 6.20 Å². The molecule has 8 N–H and O–H groups in total. The van der Waals surface area contributed by atoms with Gasteiger partial charge in [0.2, 0.25) is 17.7 Å². The van der Waals surface area contributed by atoms with Crippen molar-refractivity contribution in [2.24, 2.45) is 11.7 Å². The number of aliphatic carboxylic acids is 2. The number of hydrogen-bond donors (Lipinski definition) is 7. The van der Waals surface area contributed by atoms with Crippen molar-refractivity contribution in [2.75, 3.05) is 6.54 Å². The molecule has 0 aliphatic heterocycles. The standard InChI is InChI=1S/C24H33N5O7/c1-13(2)9-19(23(34)27-12-20(30)28-18(24(35)36)7-8-21(31)32)29-22(33)16(25)10-14-11-26-17-6-4-3-5-15(14)17/h3-6,11,13,16,18-19,26H,7-10,12,25H2,1-2H3,(H,27,34)(H,28,30)(H,29,33)(H,31,32)(H,35,36). The molecule has 0 bridgehead atoms. The maximum Gasteiger partial charge on any atom is 0.326 e. The van der Waals surface area contributed by atoms with E-state index in [1.807, 2.05) is 38.1 Å². The van der Waals surface area contributed by atoms with E-state index >= 15 is 0 Å². The zero-order valence-corrected chi connectivity index (χ0v) is 20.2. The molecule has 3 amide bonds. The first-order valence-electron chi connectivity index (χ1n) is 11.6. The molecular weight excluding hydrogens is 470 g/mol. The molecule has 0 spiro atoms. The summed E-state index contributed by atoms with van der Waals surface area (Å²) in [5, 5.41) is 26.0. The Bertz CT molecular complexity index is 1100. The average Bonchev–Trinajstić information content (AvgIpc) is 3.21. The summed E-state index contributed by atoms with van der Waals surface area (Å²) in [6, 6.07) is 4.33. The molecular formula is C24H33N5O7. The molecule has 0 aliphatic carbocycles. The Kier molecular flexibility index (Phi) is 10.4. The van der Waals surface area contributed by atoms with E-state index in [9.17, 15) is 24.0 Å². The number of amides is 3. The van der Waals surface area contributed by atoms with E-state index in [0.29, 0.717) is 0 Å². The number of benzene rings is 1. The molecule has 3 atom stereocenters. The maximum atomic E-state index is 12.8. The minimum atomic E-state index is -1.40. The third-order valence-corrected chi connectivity index (χ3v) is 5.49. The van der Waals surface area contributed by atoms with Crippen LogP contribution < -0.4 is 21.7 Å². The number of aromatic nitrogens is 1. The molecule has 36 heavy (non-hydrogen) atoms. The third kappa shape index (κ3) is 8.69. The summed E-state index contributed by atoms with van der Waals surface area (Å²) in [6.07, 6.45) is 1.59. The molecule has 0 aliphatic rings. The van der Waals surface area contributed by atoms with Crippen molar-refractivity contribution < 1.29 is 34.2 Å². The molecule has 3 unspecified atom stereocenters. The van der Waals surface area contributed by atoms with Gasteiger partial charge in [-0.2, -0.15) is 0 Å². The van der Waals surface area contributed by atoms with Crippen LogP contribution in [0.2, 0.25) is 0 Å². The van der Waals surface area contributed by atoms with Crippen molar-refractivity contribution in [3.63, 3.8) is 0 Å². The van der Waals surface area contributed by atoms with E-state index < -0.39 is 60.8 Å². The topological polar surface area (TPSA) is 204 Å². The first-order valence-corrected chi connectivity index (χ1v) is 11.6. The lowest BCUT2D eigenvalue weighted by Gasteiger charge is -2.22. The van der Waals surface area contributed by atoms with Gasteiger partial charge in [0.05, 0.1) is 12.6 Å². The molecule has 2 aromatic rings. The fraction of sp³-hybridized carbons (Fsp3) is 0.458. The summed E-state index contributed by atoms with van der Waals surface area (Å²) in [6.45, 7) is 3.19. The highest BCUT2D eigenvalue weighted by Crippen LogP contribution is 2.19. The van der Waals surface area contributed by atoms with Crippen molar-refractivity contribution in [3.05, 3.63) is 36.0 Å². The lowest BCUT2D eigenvalue weighted by molar-refractivity contribution is -0.143. The van der Waals surface area contributed by atoms with Crippen molar-refractivity contribution in [3.8, 4) is 0 Å². The Morgan fingerprint density at radius 2 is 1.69 bits per heavy atom. The molecule has 1 aromatic carbocycles. The number of fused-ring (bicyclic) bond motifs is 1. The lowest BCUT2D eigenvalue weighted by atomic mass is 10.0. The molecule has 0 radical (unpaired) electrons. The van der Waals surface area contributed by atoms with Gasteiger partial charge < -0.3 is 36.9 Å². The van der Waals surface area contributed by atoms with E-state index in [0.717, 1.165) is 16.5 Å². The summed E-state index contributed by atoms with van der Waals surface area (Å²) >= 11 is 0. The van der Waals surface area contributed by atoms with Gasteiger partial charge in [0.25, 0.3) is 0 Å². The van der Waals surface area contributed by atoms with Crippen LogP contribution >= 0.6 is 0 Å². The molecule has 0 fully saturated rings. The van der Waals surface area contributed by atoms with Crippen LogP contribution in [0, 0.1) is 5.92 Å². The number of carboxylic acid groups (broad SMARTS) is 2. The predicted molar refractivity (Wildman–Crippen MR) is 131 cm³/mol. The van der Waals surface area contributed by atoms with Gasteiger partial charge in [-0.3, -0.25) is 19.2 Å². The van der Waals surface area contributed by atoms with Gasteiger partial charge in [-0.25, -0.2) is 4.79 Å². The van der Waals surface area contributed by atoms with Gasteiger partial charge in [0.15, 0.2) is 0 Å². The Balaban J connectivity index is 1.94. The van der Waals surface area contributed by atoms with Crippen LogP contribution in [0.15, 0.2) is 30.5 Å². The fourth-order valence-corrected chi connectivity index (χ4v) is 3.67. The largest absolute Gasteiger partial charge is 0.481 e. The number of para-hydroxylation sites is 1. The molecule has 12 nitrogen and oxygen atoms in total. The molecule has 12 heteroatoms. The van der Waals surface area contributed by atoms with Gasteiger partial charge in [-0.15, -0.1) is 0 Å². The van der Waals surface area contributed by atoms with Gasteiger partial charge in [-0.1, -0.05) is 32.0 Å². The Morgan fingerprint density at radius 1 is 1.00 bits per heavy atom. The van der Waals surface area contributed by atoms with Crippen LogP contribution in [0.1, 0.15) is 38.7 Å². The number of carbonyl (C=O) groups is 5. The number of nitrogens with one attached hydrogen (secondary N) is 4. The van der Waals surface area contributed by atoms with Crippen molar-refractivity contribution in [1.82, 2.24) is 20.9 Å². The second-order valence-corrected chi connectivity index (χ2v) is 8.97. The molecule has 1 heterocycles. The summed E-state index contributed by atoms with van der Waals surface area (Å²) in [5.41, 5.74) is 7.90. The molecule has 1 aromatic heterocycles. The summed E-state index contributed by atoms with van der Waals surface area (Å²) in [5.74, 6) is -4.49. The Labute approximate surface area is 208 Å². The Hall–Kier alpha value is -3.93. The van der Waals surface area contributed by atoms with Crippen molar-refractivity contribution in [1.29, 1.82) is 0 Å². The molecule has 196 valence electrons. The van der Waals surface area contributed by atoms with Crippen LogP contribution in [-0.4, -0.2) is 69.5 Å². The monoisotopic (exact) mass is 503 g/mol. The van der Waals surface area contributed by atoms with Crippen LogP contribution in [-0.2, 0) is 30.4 Å². The van der Waals surface area contributed by atoms with Crippen LogP contribution in [0.3, 0.4) is 0 Å². The van der Waals surface area contributed by atoms with Crippen LogP contribution in [0.25, 0.3) is 10.9 Å². The number of carbonyl (C=O) groups excluding carboxylic acids is 3. The fourth-order valence-electron chi connectivity index (χ4n) is 3.67. The van der Waals surface area contributed by atoms with Gasteiger partial charge in [-0.05, 0) is 36.8 Å². The summed E-state index contributed by atoms with van der Waals surface area (Å²) < 4.78 is 0. The number of H-pyrrole nitrogens is 1. The highest BCUT2D eigenvalue weighted by molar-refractivity contribution is 5.93. The molecule has 0 saturated carbocycles. The van der Waals surface area contributed by atoms with Crippen molar-refractivity contribution in [2.45, 2.75) is 57.7 Å². The second kappa shape index (κ2) is 13.2. The predicted octanol–water partition coefficient (Wildman–Crippen LogP) is 0.119. The van der Waals surface area contributed by atoms with Gasteiger partial charge >= 0.3 is 11.9 Å². The zero-order valence-electron chi connectivity index (χ0n) is 20.2. The minimum absolute atomic E-state index is 0.0344. The van der Waals surface area contributed by atoms with Crippen LogP contribution in [0.4, 0.5) is 0 Å².